The van der Waals surface area contributed by atoms with Crippen LogP contribution in [0.3, 0.4) is 0 Å². The van der Waals surface area contributed by atoms with E-state index in [9.17, 15) is 14.0 Å². The van der Waals surface area contributed by atoms with E-state index in [1.54, 1.807) is 48.5 Å². The lowest BCUT2D eigenvalue weighted by molar-refractivity contribution is 0.101. The van der Waals surface area contributed by atoms with Crippen molar-refractivity contribution in [2.45, 2.75) is 6.92 Å². The smallest absolute Gasteiger partial charge is 0.259 e. The summed E-state index contributed by atoms with van der Waals surface area (Å²) in [6.07, 6.45) is 0. The van der Waals surface area contributed by atoms with Crippen molar-refractivity contribution in [3.05, 3.63) is 89.7 Å². The molecule has 0 unspecified atom stereocenters. The molecule has 0 heterocycles. The summed E-state index contributed by atoms with van der Waals surface area (Å²) in [6, 6.07) is 19.0. The van der Waals surface area contributed by atoms with Crippen molar-refractivity contribution in [1.82, 2.24) is 0 Å². The highest BCUT2D eigenvalue weighted by Gasteiger charge is 2.13. The highest BCUT2D eigenvalue weighted by atomic mass is 19.1. The predicted molar refractivity (Wildman–Crippen MR) is 106 cm³/mol. The van der Waals surface area contributed by atoms with E-state index < -0.39 is 0 Å². The number of hydrogen-bond donors (Lipinski definition) is 2. The Morgan fingerprint density at radius 1 is 0.857 bits per heavy atom. The molecule has 142 valence electrons. The van der Waals surface area contributed by atoms with Crippen molar-refractivity contribution in [3.63, 3.8) is 0 Å². The van der Waals surface area contributed by atoms with Crippen LogP contribution in [-0.2, 0) is 0 Å². The van der Waals surface area contributed by atoms with Gasteiger partial charge in [0.1, 0.15) is 11.6 Å². The van der Waals surface area contributed by atoms with E-state index in [0.717, 1.165) is 0 Å². The quantitative estimate of drug-likeness (QED) is 0.652. The van der Waals surface area contributed by atoms with Gasteiger partial charge in [0.2, 0.25) is 0 Å². The molecule has 0 aliphatic rings. The number of ether oxygens (including phenoxy) is 1. The minimum atomic E-state index is -0.380. The second-order valence-electron chi connectivity index (χ2n) is 5.93. The van der Waals surface area contributed by atoms with Crippen LogP contribution in [0, 0.1) is 5.82 Å². The average molecular weight is 378 g/mol. The van der Waals surface area contributed by atoms with Crippen LogP contribution in [-0.4, -0.2) is 18.4 Å². The molecule has 3 rings (SSSR count). The molecule has 0 spiro atoms. The highest BCUT2D eigenvalue weighted by molar-refractivity contribution is 6.08. The minimum absolute atomic E-state index is 0.333. The summed E-state index contributed by atoms with van der Waals surface area (Å²) >= 11 is 0. The second-order valence-corrected chi connectivity index (χ2v) is 5.93. The molecule has 3 aromatic carbocycles. The molecule has 5 nitrogen and oxygen atoms in total. The largest absolute Gasteiger partial charge is 0.493 e. The molecule has 0 saturated carbocycles. The Hall–Kier alpha value is -3.67. The maximum absolute atomic E-state index is 13.0. The van der Waals surface area contributed by atoms with Crippen molar-refractivity contribution < 1.29 is 18.7 Å². The first-order valence-corrected chi connectivity index (χ1v) is 8.77. The number of para-hydroxylation sites is 1. The normalized spacial score (nSPS) is 10.2. The fraction of sp³-hybridized carbons (Fsp3) is 0.0909. The fourth-order valence-electron chi connectivity index (χ4n) is 2.61. The number of rotatable bonds is 6. The summed E-state index contributed by atoms with van der Waals surface area (Å²) in [6.45, 7) is 2.29. The van der Waals surface area contributed by atoms with Gasteiger partial charge in [-0.2, -0.15) is 0 Å². The fourth-order valence-corrected chi connectivity index (χ4v) is 2.61. The molecule has 0 fully saturated rings. The molecular formula is C22H19FN2O3. The molecule has 0 radical (unpaired) electrons. The van der Waals surface area contributed by atoms with Crippen molar-refractivity contribution in [3.8, 4) is 5.75 Å². The van der Waals surface area contributed by atoms with Crippen LogP contribution < -0.4 is 15.4 Å². The average Bonchev–Trinajstić information content (AvgIpc) is 2.70. The lowest BCUT2D eigenvalue weighted by atomic mass is 10.1. The van der Waals surface area contributed by atoms with Gasteiger partial charge in [0.15, 0.2) is 0 Å². The monoisotopic (exact) mass is 378 g/mol. The number of nitrogens with one attached hydrogen (secondary N) is 2. The van der Waals surface area contributed by atoms with Crippen LogP contribution >= 0.6 is 0 Å². The predicted octanol–water partition coefficient (Wildman–Crippen LogP) is 4.73. The van der Waals surface area contributed by atoms with Crippen LogP contribution in [0.2, 0.25) is 0 Å². The summed E-state index contributed by atoms with van der Waals surface area (Å²) in [4.78, 5) is 25.0. The molecule has 28 heavy (non-hydrogen) atoms. The SMILES string of the molecule is CCOc1ccccc1C(=O)Nc1cccc(C(=O)Nc2ccc(F)cc2)c1. The van der Waals surface area contributed by atoms with Gasteiger partial charge in [-0.1, -0.05) is 18.2 Å². The molecule has 0 aliphatic carbocycles. The standard InChI is InChI=1S/C22H19FN2O3/c1-2-28-20-9-4-3-8-19(20)22(27)25-18-7-5-6-15(14-18)21(26)24-17-12-10-16(23)11-13-17/h3-14H,2H2,1H3,(H,24,26)(H,25,27). The van der Waals surface area contributed by atoms with Crippen LogP contribution in [0.25, 0.3) is 0 Å². The van der Waals surface area contributed by atoms with Crippen molar-refractivity contribution >= 4 is 23.2 Å². The van der Waals surface area contributed by atoms with Gasteiger partial charge in [-0.15, -0.1) is 0 Å². The van der Waals surface area contributed by atoms with Gasteiger partial charge >= 0.3 is 0 Å². The van der Waals surface area contributed by atoms with Crippen LogP contribution in [0.5, 0.6) is 5.75 Å². The number of carbonyl (C=O) groups excluding carboxylic acids is 2. The lowest BCUT2D eigenvalue weighted by Crippen LogP contribution is -2.15. The zero-order chi connectivity index (χ0) is 19.9. The molecule has 0 saturated heterocycles. The van der Waals surface area contributed by atoms with E-state index in [2.05, 4.69) is 10.6 Å². The zero-order valence-electron chi connectivity index (χ0n) is 15.2. The summed E-state index contributed by atoms with van der Waals surface area (Å²) in [7, 11) is 0. The van der Waals surface area contributed by atoms with E-state index in [-0.39, 0.29) is 17.6 Å². The first-order valence-electron chi connectivity index (χ1n) is 8.77. The van der Waals surface area contributed by atoms with E-state index in [1.807, 2.05) is 6.92 Å². The van der Waals surface area contributed by atoms with Gasteiger partial charge in [0.25, 0.3) is 11.8 Å². The molecule has 3 aromatic rings. The molecule has 2 N–H and O–H groups in total. The zero-order valence-corrected chi connectivity index (χ0v) is 15.2. The maximum Gasteiger partial charge on any atom is 0.259 e. The number of hydrogen-bond acceptors (Lipinski definition) is 3. The van der Waals surface area contributed by atoms with Crippen molar-refractivity contribution in [1.29, 1.82) is 0 Å². The van der Waals surface area contributed by atoms with Crippen LogP contribution in [0.4, 0.5) is 15.8 Å². The topological polar surface area (TPSA) is 67.4 Å². The Kier molecular flexibility index (Phi) is 6.01. The first kappa shape index (κ1) is 19.1. The minimum Gasteiger partial charge on any atom is -0.493 e. The van der Waals surface area contributed by atoms with Crippen LogP contribution in [0.15, 0.2) is 72.8 Å². The molecule has 6 heteroatoms. The third-order valence-electron chi connectivity index (χ3n) is 3.92. The maximum atomic E-state index is 13.0. The Morgan fingerprint density at radius 2 is 1.57 bits per heavy atom. The lowest BCUT2D eigenvalue weighted by Gasteiger charge is -2.11. The molecule has 0 atom stereocenters. The van der Waals surface area contributed by atoms with Gasteiger partial charge in [-0.25, -0.2) is 4.39 Å². The van der Waals surface area contributed by atoms with Gasteiger partial charge in [-0.3, -0.25) is 9.59 Å². The van der Waals surface area contributed by atoms with E-state index >= 15 is 0 Å². The van der Waals surface area contributed by atoms with E-state index in [4.69, 9.17) is 4.74 Å². The number of benzene rings is 3. The second kappa shape index (κ2) is 8.81. The third kappa shape index (κ3) is 4.73. The Labute approximate surface area is 162 Å². The summed E-state index contributed by atoms with van der Waals surface area (Å²) in [5.41, 5.74) is 1.72. The number of carbonyl (C=O) groups is 2. The molecule has 2 amide bonds. The summed E-state index contributed by atoms with van der Waals surface area (Å²) in [5, 5.41) is 5.46. The molecular weight excluding hydrogens is 359 g/mol. The van der Waals surface area contributed by atoms with Gasteiger partial charge < -0.3 is 15.4 Å². The number of amides is 2. The first-order chi connectivity index (χ1) is 13.6. The third-order valence-corrected chi connectivity index (χ3v) is 3.92. The summed E-state index contributed by atoms with van der Waals surface area (Å²) in [5.74, 6) is -0.583. The Balaban J connectivity index is 1.73. The Morgan fingerprint density at radius 3 is 2.32 bits per heavy atom. The van der Waals surface area contributed by atoms with Gasteiger partial charge in [-0.05, 0) is 61.5 Å². The Bertz CT molecular complexity index is 987. The van der Waals surface area contributed by atoms with E-state index in [1.165, 1.54) is 24.3 Å². The van der Waals surface area contributed by atoms with Crippen LogP contribution in [0.1, 0.15) is 27.6 Å². The number of anilines is 2. The van der Waals surface area contributed by atoms with Crippen molar-refractivity contribution in [2.24, 2.45) is 0 Å². The van der Waals surface area contributed by atoms with Crippen molar-refractivity contribution in [2.75, 3.05) is 17.2 Å². The number of halogens is 1. The highest BCUT2D eigenvalue weighted by Crippen LogP contribution is 2.20. The van der Waals surface area contributed by atoms with Gasteiger partial charge in [0.05, 0.1) is 12.2 Å². The summed E-state index contributed by atoms with van der Waals surface area (Å²) < 4.78 is 18.5. The molecule has 0 aromatic heterocycles. The molecule has 0 aliphatic heterocycles. The molecule has 0 bridgehead atoms. The van der Waals surface area contributed by atoms with Gasteiger partial charge in [0, 0.05) is 16.9 Å². The van der Waals surface area contributed by atoms with E-state index in [0.29, 0.717) is 34.9 Å².